The first-order valence-corrected chi connectivity index (χ1v) is 7.50. The van der Waals surface area contributed by atoms with Crippen molar-refractivity contribution in [3.8, 4) is 0 Å². The van der Waals surface area contributed by atoms with Crippen molar-refractivity contribution in [1.29, 1.82) is 0 Å². The van der Waals surface area contributed by atoms with Gasteiger partial charge in [-0.15, -0.1) is 0 Å². The van der Waals surface area contributed by atoms with Crippen LogP contribution in [0.3, 0.4) is 0 Å². The summed E-state index contributed by atoms with van der Waals surface area (Å²) in [5, 5.41) is 5.76. The van der Waals surface area contributed by atoms with Crippen molar-refractivity contribution in [2.75, 3.05) is 0 Å². The van der Waals surface area contributed by atoms with Crippen LogP contribution in [0.25, 0.3) is 0 Å². The van der Waals surface area contributed by atoms with Gasteiger partial charge in [-0.25, -0.2) is 14.8 Å². The van der Waals surface area contributed by atoms with Crippen molar-refractivity contribution < 1.29 is 4.79 Å². The summed E-state index contributed by atoms with van der Waals surface area (Å²) in [4.78, 5) is 20.1. The van der Waals surface area contributed by atoms with E-state index in [2.05, 4.69) is 32.7 Å². The minimum absolute atomic E-state index is 0.118. The van der Waals surface area contributed by atoms with Gasteiger partial charge in [0.15, 0.2) is 0 Å². The molecule has 0 aliphatic heterocycles. The maximum Gasteiger partial charge on any atom is 0.315 e. The molecule has 2 amide bonds. The summed E-state index contributed by atoms with van der Waals surface area (Å²) in [6.45, 7) is 4.24. The lowest BCUT2D eigenvalue weighted by Gasteiger charge is -2.14. The molecule has 0 spiro atoms. The number of aryl methyl sites for hydroxylation is 2. The number of benzene rings is 1. The Hall–Kier alpha value is -2.43. The minimum Gasteiger partial charge on any atom is -0.336 e. The summed E-state index contributed by atoms with van der Waals surface area (Å²) in [6, 6.07) is 12.0. The van der Waals surface area contributed by atoms with Crippen molar-refractivity contribution >= 4 is 6.03 Å². The maximum atomic E-state index is 11.9. The number of hydrogen-bond donors (Lipinski definition) is 2. The topological polar surface area (TPSA) is 66.9 Å². The van der Waals surface area contributed by atoms with Gasteiger partial charge in [0, 0.05) is 12.2 Å². The van der Waals surface area contributed by atoms with E-state index in [9.17, 15) is 4.79 Å². The SMILES string of the molecule is Cc1nccc(CNC(=O)N[C@@H](C)CCc2ccccc2)n1. The van der Waals surface area contributed by atoms with Crippen LogP contribution in [0.4, 0.5) is 4.79 Å². The fraction of sp³-hybridized carbons (Fsp3) is 0.353. The highest BCUT2D eigenvalue weighted by atomic mass is 16.2. The molecule has 0 saturated carbocycles. The molecule has 0 bridgehead atoms. The molecule has 116 valence electrons. The van der Waals surface area contributed by atoms with E-state index in [1.54, 1.807) is 12.3 Å². The Balaban J connectivity index is 1.70. The van der Waals surface area contributed by atoms with Gasteiger partial charge in [0.2, 0.25) is 0 Å². The normalized spacial score (nSPS) is 11.7. The van der Waals surface area contributed by atoms with Crippen molar-refractivity contribution in [3.63, 3.8) is 0 Å². The van der Waals surface area contributed by atoms with Gasteiger partial charge >= 0.3 is 6.03 Å². The third kappa shape index (κ3) is 5.52. The average Bonchev–Trinajstić information content (AvgIpc) is 2.52. The highest BCUT2D eigenvalue weighted by Crippen LogP contribution is 2.04. The van der Waals surface area contributed by atoms with Crippen LogP contribution < -0.4 is 10.6 Å². The van der Waals surface area contributed by atoms with Crippen LogP contribution in [0, 0.1) is 6.92 Å². The van der Waals surface area contributed by atoms with E-state index in [1.807, 2.05) is 32.0 Å². The molecule has 2 rings (SSSR count). The first-order chi connectivity index (χ1) is 10.6. The van der Waals surface area contributed by atoms with E-state index in [4.69, 9.17) is 0 Å². The Morgan fingerprint density at radius 2 is 2.00 bits per heavy atom. The van der Waals surface area contributed by atoms with Gasteiger partial charge in [-0.05, 0) is 38.3 Å². The van der Waals surface area contributed by atoms with Gasteiger partial charge in [-0.1, -0.05) is 30.3 Å². The number of hydrogen-bond acceptors (Lipinski definition) is 3. The molecule has 0 aliphatic carbocycles. The molecule has 1 heterocycles. The Kier molecular flexibility index (Phi) is 5.89. The molecular weight excluding hydrogens is 276 g/mol. The second kappa shape index (κ2) is 8.12. The summed E-state index contributed by atoms with van der Waals surface area (Å²) in [6.07, 6.45) is 3.55. The maximum absolute atomic E-state index is 11.9. The van der Waals surface area contributed by atoms with Crippen LogP contribution in [0.2, 0.25) is 0 Å². The van der Waals surface area contributed by atoms with E-state index < -0.39 is 0 Å². The van der Waals surface area contributed by atoms with Crippen LogP contribution in [-0.4, -0.2) is 22.0 Å². The second-order valence-corrected chi connectivity index (χ2v) is 5.35. The summed E-state index contributed by atoms with van der Waals surface area (Å²) in [5.41, 5.74) is 2.09. The van der Waals surface area contributed by atoms with Crippen molar-refractivity contribution in [3.05, 3.63) is 59.7 Å². The van der Waals surface area contributed by atoms with E-state index >= 15 is 0 Å². The number of rotatable bonds is 6. The fourth-order valence-electron chi connectivity index (χ4n) is 2.15. The molecule has 1 atom stereocenters. The summed E-state index contributed by atoms with van der Waals surface area (Å²) >= 11 is 0. The number of nitrogens with zero attached hydrogens (tertiary/aromatic N) is 2. The molecule has 5 heteroatoms. The molecule has 2 aromatic rings. The molecule has 1 aromatic heterocycles. The van der Waals surface area contributed by atoms with Crippen LogP contribution in [-0.2, 0) is 13.0 Å². The zero-order valence-electron chi connectivity index (χ0n) is 13.0. The summed E-state index contributed by atoms with van der Waals surface area (Å²) in [7, 11) is 0. The number of aromatic nitrogens is 2. The number of carbonyl (C=O) groups excluding carboxylic acids is 1. The molecule has 22 heavy (non-hydrogen) atoms. The van der Waals surface area contributed by atoms with Gasteiger partial charge in [0.1, 0.15) is 5.82 Å². The van der Waals surface area contributed by atoms with Gasteiger partial charge in [0.05, 0.1) is 12.2 Å². The van der Waals surface area contributed by atoms with Gasteiger partial charge in [-0.3, -0.25) is 0 Å². The first-order valence-electron chi connectivity index (χ1n) is 7.50. The Labute approximate surface area is 131 Å². The zero-order valence-corrected chi connectivity index (χ0v) is 13.0. The Morgan fingerprint density at radius 3 is 2.73 bits per heavy atom. The van der Waals surface area contributed by atoms with Gasteiger partial charge < -0.3 is 10.6 Å². The molecule has 5 nitrogen and oxygen atoms in total. The smallest absolute Gasteiger partial charge is 0.315 e. The third-order valence-corrected chi connectivity index (χ3v) is 3.35. The monoisotopic (exact) mass is 298 g/mol. The molecule has 0 aliphatic rings. The van der Waals surface area contributed by atoms with Crippen LogP contribution in [0.1, 0.15) is 30.4 Å². The van der Waals surface area contributed by atoms with Gasteiger partial charge in [0.25, 0.3) is 0 Å². The van der Waals surface area contributed by atoms with Crippen LogP contribution in [0.5, 0.6) is 0 Å². The highest BCUT2D eigenvalue weighted by Gasteiger charge is 2.07. The number of carbonyl (C=O) groups is 1. The summed E-state index contributed by atoms with van der Waals surface area (Å²) in [5.74, 6) is 0.705. The number of nitrogens with one attached hydrogen (secondary N) is 2. The van der Waals surface area contributed by atoms with Crippen LogP contribution in [0.15, 0.2) is 42.6 Å². The van der Waals surface area contributed by atoms with E-state index in [0.29, 0.717) is 12.4 Å². The fourth-order valence-corrected chi connectivity index (χ4v) is 2.15. The second-order valence-electron chi connectivity index (χ2n) is 5.35. The first kappa shape index (κ1) is 15.9. The standard InChI is InChI=1S/C17H22N4O/c1-13(8-9-15-6-4-3-5-7-15)20-17(22)19-12-16-10-11-18-14(2)21-16/h3-7,10-11,13H,8-9,12H2,1-2H3,(H2,19,20,22)/t13-/m0/s1. The van der Waals surface area contributed by atoms with Crippen molar-refractivity contribution in [2.24, 2.45) is 0 Å². The van der Waals surface area contributed by atoms with Crippen LogP contribution >= 0.6 is 0 Å². The molecule has 0 saturated heterocycles. The van der Waals surface area contributed by atoms with E-state index in [-0.39, 0.29) is 12.1 Å². The quantitative estimate of drug-likeness (QED) is 0.861. The van der Waals surface area contributed by atoms with E-state index in [1.165, 1.54) is 5.56 Å². The van der Waals surface area contributed by atoms with Gasteiger partial charge in [-0.2, -0.15) is 0 Å². The molecule has 0 fully saturated rings. The van der Waals surface area contributed by atoms with Crippen molar-refractivity contribution in [2.45, 2.75) is 39.3 Å². The predicted molar refractivity (Wildman–Crippen MR) is 86.4 cm³/mol. The lowest BCUT2D eigenvalue weighted by Crippen LogP contribution is -2.40. The minimum atomic E-state index is -0.170. The molecule has 1 aromatic carbocycles. The van der Waals surface area contributed by atoms with E-state index in [0.717, 1.165) is 18.5 Å². The highest BCUT2D eigenvalue weighted by molar-refractivity contribution is 5.74. The number of urea groups is 1. The lowest BCUT2D eigenvalue weighted by atomic mass is 10.1. The third-order valence-electron chi connectivity index (χ3n) is 3.35. The molecule has 0 radical (unpaired) electrons. The Bertz CT molecular complexity index is 601. The molecule has 2 N–H and O–H groups in total. The lowest BCUT2D eigenvalue weighted by molar-refractivity contribution is 0.236. The molecular formula is C17H22N4O. The predicted octanol–water partition coefficient (Wildman–Crippen LogP) is 2.61. The Morgan fingerprint density at radius 1 is 1.23 bits per heavy atom. The molecule has 0 unspecified atom stereocenters. The zero-order chi connectivity index (χ0) is 15.8. The average molecular weight is 298 g/mol. The van der Waals surface area contributed by atoms with Crippen molar-refractivity contribution in [1.82, 2.24) is 20.6 Å². The largest absolute Gasteiger partial charge is 0.336 e. The number of amides is 2. The summed E-state index contributed by atoms with van der Waals surface area (Å²) < 4.78 is 0.